The molecule has 8 N–H and O–H groups in total. The van der Waals surface area contributed by atoms with Crippen LogP contribution in [0.15, 0.2) is 11.5 Å². The van der Waals surface area contributed by atoms with Gasteiger partial charge in [0.15, 0.2) is 18.2 Å². The van der Waals surface area contributed by atoms with Gasteiger partial charge in [-0.15, -0.1) is 0 Å². The quantitative estimate of drug-likeness (QED) is 0.236. The van der Waals surface area contributed by atoms with Crippen molar-refractivity contribution in [2.75, 3.05) is 0 Å². The van der Waals surface area contributed by atoms with Gasteiger partial charge in [0, 0.05) is 0 Å². The van der Waals surface area contributed by atoms with Gasteiger partial charge in [0.2, 0.25) is 12.0 Å². The van der Waals surface area contributed by atoms with Crippen molar-refractivity contribution in [3.8, 4) is 0 Å². The van der Waals surface area contributed by atoms with Crippen LogP contribution in [-0.4, -0.2) is 102 Å². The highest BCUT2D eigenvalue weighted by atomic mass is 16.7. The van der Waals surface area contributed by atoms with E-state index in [0.717, 1.165) is 0 Å². The van der Waals surface area contributed by atoms with E-state index in [0.29, 0.717) is 0 Å². The molecule has 8 atom stereocenters. The molecule has 0 spiro atoms. The summed E-state index contributed by atoms with van der Waals surface area (Å²) in [5.41, 5.74) is 0. The normalized spacial score (nSPS) is 42.0. The number of aliphatic hydroxyl groups excluding tert-OH is 6. The molecule has 1 fully saturated rings. The van der Waals surface area contributed by atoms with Gasteiger partial charge >= 0.3 is 11.9 Å². The molecule has 0 radical (unpaired) electrons. The summed E-state index contributed by atoms with van der Waals surface area (Å²) >= 11 is 0. The summed E-state index contributed by atoms with van der Waals surface area (Å²) in [7, 11) is 0. The Hall–Kier alpha value is -2.00. The Morgan fingerprint density at radius 3 is 2.08 bits per heavy atom. The van der Waals surface area contributed by atoms with E-state index in [1.807, 2.05) is 0 Å². The van der Waals surface area contributed by atoms with Crippen LogP contribution in [-0.2, 0) is 23.8 Å². The number of hydrogen-bond acceptors (Lipinski definition) is 11. The predicted molar refractivity (Wildman–Crippen MR) is 69.6 cm³/mol. The third-order valence-corrected chi connectivity index (χ3v) is 3.64. The van der Waals surface area contributed by atoms with Gasteiger partial charge in [0.25, 0.3) is 0 Å². The maximum Gasteiger partial charge on any atom is 0.375 e. The second-order valence-corrected chi connectivity index (χ2v) is 5.31. The molecule has 2 aliphatic heterocycles. The third-order valence-electron chi connectivity index (χ3n) is 3.64. The van der Waals surface area contributed by atoms with E-state index in [2.05, 4.69) is 9.47 Å². The summed E-state index contributed by atoms with van der Waals surface area (Å²) in [4.78, 5) is 22.1. The molecule has 1 unspecified atom stereocenters. The first-order valence-electron chi connectivity index (χ1n) is 6.83. The summed E-state index contributed by atoms with van der Waals surface area (Å²) in [6.45, 7) is 0. The monoisotopic (exact) mass is 368 g/mol. The second-order valence-electron chi connectivity index (χ2n) is 5.31. The average Bonchev–Trinajstić information content (AvgIpc) is 2.54. The lowest BCUT2D eigenvalue weighted by molar-refractivity contribution is -0.321. The molecule has 25 heavy (non-hydrogen) atoms. The molecule has 0 aromatic carbocycles. The van der Waals surface area contributed by atoms with Crippen molar-refractivity contribution in [1.82, 2.24) is 0 Å². The van der Waals surface area contributed by atoms with Gasteiger partial charge in [-0.3, -0.25) is 0 Å². The maximum atomic E-state index is 11.2. The van der Waals surface area contributed by atoms with Crippen LogP contribution in [0.5, 0.6) is 0 Å². The summed E-state index contributed by atoms with van der Waals surface area (Å²) < 4.78 is 14.2. The predicted octanol–water partition coefficient (Wildman–Crippen LogP) is -4.17. The third kappa shape index (κ3) is 3.52. The van der Waals surface area contributed by atoms with Crippen LogP contribution in [0.2, 0.25) is 0 Å². The van der Waals surface area contributed by atoms with Gasteiger partial charge in [0.1, 0.15) is 30.5 Å². The summed E-state index contributed by atoms with van der Waals surface area (Å²) in [5, 5.41) is 75.6. The van der Waals surface area contributed by atoms with E-state index in [9.17, 15) is 40.2 Å². The molecule has 0 aromatic rings. The molecule has 2 rings (SSSR count). The number of hydrogen-bond donors (Lipinski definition) is 8. The fourth-order valence-electron chi connectivity index (χ4n) is 2.32. The van der Waals surface area contributed by atoms with Crippen LogP contribution in [0.3, 0.4) is 0 Å². The minimum absolute atomic E-state index is 1.17. The second kappa shape index (κ2) is 7.09. The van der Waals surface area contributed by atoms with Crippen molar-refractivity contribution in [2.45, 2.75) is 49.2 Å². The van der Waals surface area contributed by atoms with E-state index in [-0.39, 0.29) is 0 Å². The lowest BCUT2D eigenvalue weighted by atomic mass is 9.98. The molecule has 2 heterocycles. The highest BCUT2D eigenvalue weighted by Crippen LogP contribution is 2.29. The number of carboxylic acids is 2. The molecule has 2 aliphatic rings. The molecule has 0 amide bonds. The first-order valence-corrected chi connectivity index (χ1v) is 6.83. The Morgan fingerprint density at radius 1 is 0.960 bits per heavy atom. The highest BCUT2D eigenvalue weighted by Gasteiger charge is 2.51. The van der Waals surface area contributed by atoms with Gasteiger partial charge in [0.05, 0.1) is 0 Å². The van der Waals surface area contributed by atoms with Crippen LogP contribution >= 0.6 is 0 Å². The minimum Gasteiger partial charge on any atom is -0.506 e. The number of aliphatic carboxylic acids is 2. The number of aliphatic hydroxyl groups is 6. The molecule has 0 aliphatic carbocycles. The Labute approximate surface area is 138 Å². The van der Waals surface area contributed by atoms with Gasteiger partial charge < -0.3 is 55.1 Å². The van der Waals surface area contributed by atoms with Crippen molar-refractivity contribution in [3.05, 3.63) is 11.5 Å². The van der Waals surface area contributed by atoms with Crippen LogP contribution in [0.25, 0.3) is 0 Å². The molecule has 13 nitrogen and oxygen atoms in total. The smallest absolute Gasteiger partial charge is 0.375 e. The fraction of sp³-hybridized carbons (Fsp3) is 0.667. The lowest BCUT2D eigenvalue weighted by Crippen LogP contribution is -2.62. The molecule has 142 valence electrons. The van der Waals surface area contributed by atoms with E-state index in [1.54, 1.807) is 0 Å². The summed E-state index contributed by atoms with van der Waals surface area (Å²) in [5.74, 6) is -5.88. The van der Waals surface area contributed by atoms with Gasteiger partial charge in [-0.2, -0.15) is 0 Å². The Bertz CT molecular complexity index is 573. The molecule has 1 saturated heterocycles. The first-order chi connectivity index (χ1) is 11.6. The molecule has 0 aromatic heterocycles. The van der Waals surface area contributed by atoms with Crippen LogP contribution < -0.4 is 0 Å². The molecule has 0 saturated carbocycles. The van der Waals surface area contributed by atoms with Gasteiger partial charge in [-0.25, -0.2) is 9.59 Å². The van der Waals surface area contributed by atoms with Crippen LogP contribution in [0.1, 0.15) is 0 Å². The molecular weight excluding hydrogens is 352 g/mol. The zero-order valence-corrected chi connectivity index (χ0v) is 12.2. The molecule has 13 heteroatoms. The number of rotatable bonds is 4. The van der Waals surface area contributed by atoms with Crippen molar-refractivity contribution in [3.63, 3.8) is 0 Å². The maximum absolute atomic E-state index is 11.2. The van der Waals surface area contributed by atoms with E-state index in [4.69, 9.17) is 14.9 Å². The SMILES string of the molecule is O=C(O)C1=C(O)[C@H](O)[C@H](O)[C@H](O[C@H]2[C@H](O)[C@H](O)C(O)O[C@@H]2C(=O)O)O1. The Kier molecular flexibility index (Phi) is 5.48. The fourth-order valence-corrected chi connectivity index (χ4v) is 2.32. The minimum atomic E-state index is -2.13. The van der Waals surface area contributed by atoms with E-state index in [1.165, 1.54) is 0 Å². The van der Waals surface area contributed by atoms with E-state index < -0.39 is 72.7 Å². The lowest BCUT2D eigenvalue weighted by Gasteiger charge is -2.41. The zero-order chi connectivity index (χ0) is 19.0. The van der Waals surface area contributed by atoms with Crippen molar-refractivity contribution in [1.29, 1.82) is 0 Å². The standard InChI is InChI=1S/C12H16O13/c13-1-2(14)7(9(18)19)25-12(5(1)17)24-6-3(15)4(16)11(22)23-8(6)10(20)21/h1,3-6,8,11-17,22H,(H,18,19)(H,20,21)/t1-,3+,4-,5-,6-,8-,11?,12+/m0/s1. The highest BCUT2D eigenvalue weighted by molar-refractivity contribution is 5.85. The number of carbonyl (C=O) groups is 2. The largest absolute Gasteiger partial charge is 0.506 e. The van der Waals surface area contributed by atoms with Crippen molar-refractivity contribution >= 4 is 11.9 Å². The Morgan fingerprint density at radius 2 is 1.56 bits per heavy atom. The van der Waals surface area contributed by atoms with Crippen LogP contribution in [0, 0.1) is 0 Å². The zero-order valence-electron chi connectivity index (χ0n) is 12.2. The van der Waals surface area contributed by atoms with Gasteiger partial charge in [-0.05, 0) is 0 Å². The van der Waals surface area contributed by atoms with Gasteiger partial charge in [-0.1, -0.05) is 0 Å². The summed E-state index contributed by atoms with van der Waals surface area (Å²) in [6.07, 6.45) is -16.2. The summed E-state index contributed by atoms with van der Waals surface area (Å²) in [6, 6.07) is 0. The topological polar surface area (TPSA) is 224 Å². The van der Waals surface area contributed by atoms with Crippen molar-refractivity contribution < 1.29 is 64.7 Å². The Balaban J connectivity index is 2.26. The van der Waals surface area contributed by atoms with Crippen molar-refractivity contribution in [2.24, 2.45) is 0 Å². The molecular formula is C12H16O13. The number of ether oxygens (including phenoxy) is 3. The van der Waals surface area contributed by atoms with Crippen LogP contribution in [0.4, 0.5) is 0 Å². The first kappa shape index (κ1) is 19.3. The molecule has 0 bridgehead atoms. The number of carboxylic acid groups (broad SMARTS) is 2. The van der Waals surface area contributed by atoms with E-state index >= 15 is 0 Å². The average molecular weight is 368 g/mol.